The Morgan fingerprint density at radius 2 is 1.89 bits per heavy atom. The largest absolute Gasteiger partial charge is 0.459 e. The summed E-state index contributed by atoms with van der Waals surface area (Å²) < 4.78 is 61.2. The van der Waals surface area contributed by atoms with Gasteiger partial charge >= 0.3 is 0 Å². The molecule has 0 aromatic heterocycles. The summed E-state index contributed by atoms with van der Waals surface area (Å²) >= 11 is 2.23. The second-order valence-corrected chi connectivity index (χ2v) is 12.0. The minimum atomic E-state index is -3.64. The van der Waals surface area contributed by atoms with Crippen molar-refractivity contribution in [2.75, 3.05) is 12.8 Å². The first-order valence-corrected chi connectivity index (χ1v) is 14.3. The van der Waals surface area contributed by atoms with Crippen molar-refractivity contribution in [3.63, 3.8) is 0 Å². The summed E-state index contributed by atoms with van der Waals surface area (Å²) in [7, 11) is -3.64. The Kier molecular flexibility index (Phi) is 8.31. The van der Waals surface area contributed by atoms with Crippen LogP contribution in [0.25, 0.3) is 0 Å². The fraction of sp³-hybridized carbons (Fsp3) is 0.417. The number of hydrogen-bond donors (Lipinski definition) is 3. The van der Waals surface area contributed by atoms with Gasteiger partial charge in [0.05, 0.1) is 18.4 Å². The predicted molar refractivity (Wildman–Crippen MR) is 136 cm³/mol. The molecule has 1 unspecified atom stereocenters. The molecule has 1 aliphatic heterocycles. The van der Waals surface area contributed by atoms with E-state index in [1.165, 1.54) is 12.1 Å². The lowest BCUT2D eigenvalue weighted by Crippen LogP contribution is -2.54. The first-order chi connectivity index (χ1) is 16.6. The van der Waals surface area contributed by atoms with Crippen LogP contribution in [0.2, 0.25) is 0 Å². The number of rotatable bonds is 11. The second-order valence-electron chi connectivity index (χ2n) is 8.99. The highest BCUT2D eigenvalue weighted by molar-refractivity contribution is 14.1. The van der Waals surface area contributed by atoms with E-state index in [2.05, 4.69) is 32.6 Å². The zero-order chi connectivity index (χ0) is 25.2. The molecule has 0 saturated heterocycles. The van der Waals surface area contributed by atoms with Crippen LogP contribution in [0.5, 0.6) is 0 Å². The van der Waals surface area contributed by atoms with Crippen molar-refractivity contribution >= 4 is 32.6 Å². The maximum absolute atomic E-state index is 13.9. The Morgan fingerprint density at radius 1 is 1.17 bits per heavy atom. The van der Waals surface area contributed by atoms with E-state index < -0.39 is 40.2 Å². The molecule has 4 rings (SSSR count). The SMILES string of the molecule is CS(=O)(=O)NC1OC(C2CC2)=CN1[C@@H](Cc1cc(F)cc(F)c1)[C@H](O)CNCc1cccc(I)c1. The molecule has 1 aliphatic carbocycles. The molecular weight excluding hydrogens is 591 g/mol. The molecule has 0 bridgehead atoms. The molecule has 0 radical (unpaired) electrons. The van der Waals surface area contributed by atoms with Crippen LogP contribution in [0.1, 0.15) is 24.0 Å². The Hall–Kier alpha value is -1.80. The highest BCUT2D eigenvalue weighted by Gasteiger charge is 2.41. The van der Waals surface area contributed by atoms with E-state index in [1.807, 2.05) is 24.3 Å². The minimum absolute atomic E-state index is 0.0700. The van der Waals surface area contributed by atoms with Gasteiger partial charge < -0.3 is 20.1 Å². The molecule has 0 spiro atoms. The monoisotopic (exact) mass is 619 g/mol. The first-order valence-electron chi connectivity index (χ1n) is 11.3. The predicted octanol–water partition coefficient (Wildman–Crippen LogP) is 3.05. The average molecular weight is 619 g/mol. The number of sulfonamides is 1. The molecule has 1 saturated carbocycles. The summed E-state index contributed by atoms with van der Waals surface area (Å²) in [6, 6.07) is 10.4. The Balaban J connectivity index is 1.56. The smallest absolute Gasteiger partial charge is 0.242 e. The summed E-state index contributed by atoms with van der Waals surface area (Å²) in [6.07, 6.45) is 2.61. The van der Waals surface area contributed by atoms with Gasteiger partial charge in [0, 0.05) is 34.8 Å². The molecule has 2 aromatic carbocycles. The van der Waals surface area contributed by atoms with E-state index in [9.17, 15) is 22.3 Å². The Labute approximate surface area is 217 Å². The number of nitrogens with zero attached hydrogens (tertiary/aromatic N) is 1. The van der Waals surface area contributed by atoms with Crippen LogP contribution in [-0.4, -0.2) is 49.7 Å². The maximum atomic E-state index is 13.9. The zero-order valence-electron chi connectivity index (χ0n) is 19.1. The summed E-state index contributed by atoms with van der Waals surface area (Å²) in [6.45, 7) is 0.683. The topological polar surface area (TPSA) is 90.9 Å². The summed E-state index contributed by atoms with van der Waals surface area (Å²) in [4.78, 5) is 1.61. The molecule has 0 amide bonds. The molecular formula is C24H28F2IN3O4S. The number of hydrogen-bond acceptors (Lipinski definition) is 6. The van der Waals surface area contributed by atoms with E-state index in [0.29, 0.717) is 17.9 Å². The second kappa shape index (κ2) is 11.1. The van der Waals surface area contributed by atoms with Crippen LogP contribution < -0.4 is 10.0 Å². The zero-order valence-corrected chi connectivity index (χ0v) is 22.1. The van der Waals surface area contributed by atoms with Gasteiger partial charge in [-0.1, -0.05) is 12.1 Å². The molecule has 11 heteroatoms. The van der Waals surface area contributed by atoms with Crippen molar-refractivity contribution < 1.29 is 27.0 Å². The molecule has 2 aromatic rings. The van der Waals surface area contributed by atoms with Crippen molar-refractivity contribution in [1.29, 1.82) is 0 Å². The van der Waals surface area contributed by atoms with Crippen molar-refractivity contribution in [3.05, 3.63) is 80.8 Å². The van der Waals surface area contributed by atoms with Crippen LogP contribution in [0.4, 0.5) is 8.78 Å². The van der Waals surface area contributed by atoms with Crippen LogP contribution in [0.3, 0.4) is 0 Å². The minimum Gasteiger partial charge on any atom is -0.459 e. The third-order valence-corrected chi connectivity index (χ3v) is 7.16. The molecule has 1 heterocycles. The van der Waals surface area contributed by atoms with Crippen LogP contribution in [0.15, 0.2) is 54.4 Å². The average Bonchev–Trinajstić information content (AvgIpc) is 3.52. The third-order valence-electron chi connectivity index (χ3n) is 5.86. The van der Waals surface area contributed by atoms with E-state index >= 15 is 0 Å². The van der Waals surface area contributed by atoms with Gasteiger partial charge in [0.25, 0.3) is 0 Å². The summed E-state index contributed by atoms with van der Waals surface area (Å²) in [5.74, 6) is -0.599. The summed E-state index contributed by atoms with van der Waals surface area (Å²) in [5, 5.41) is 14.4. The molecule has 190 valence electrons. The normalized spacial score (nSPS) is 19.9. The van der Waals surface area contributed by atoms with Crippen LogP contribution in [-0.2, 0) is 27.7 Å². The van der Waals surface area contributed by atoms with Gasteiger partial charge in [0.2, 0.25) is 16.4 Å². The van der Waals surface area contributed by atoms with Gasteiger partial charge in [0.15, 0.2) is 0 Å². The van der Waals surface area contributed by atoms with Crippen LogP contribution >= 0.6 is 22.6 Å². The van der Waals surface area contributed by atoms with E-state index in [-0.39, 0.29) is 18.9 Å². The van der Waals surface area contributed by atoms with Gasteiger partial charge in [-0.25, -0.2) is 17.2 Å². The van der Waals surface area contributed by atoms with Gasteiger partial charge in [-0.3, -0.25) is 0 Å². The van der Waals surface area contributed by atoms with Gasteiger partial charge in [0.1, 0.15) is 17.4 Å². The molecule has 2 aliphatic rings. The third kappa shape index (κ3) is 7.59. The molecule has 1 fully saturated rings. The van der Waals surface area contributed by atoms with Gasteiger partial charge in [-0.2, -0.15) is 4.72 Å². The van der Waals surface area contributed by atoms with E-state index in [1.54, 1.807) is 11.1 Å². The van der Waals surface area contributed by atoms with Gasteiger partial charge in [-0.05, 0) is 77.2 Å². The highest BCUT2D eigenvalue weighted by Crippen LogP contribution is 2.41. The molecule has 3 atom stereocenters. The number of aliphatic hydroxyl groups excluding tert-OH is 1. The fourth-order valence-corrected chi connectivity index (χ4v) is 5.24. The fourth-order valence-electron chi connectivity index (χ4n) is 4.10. The number of halogens is 3. The quantitative estimate of drug-likeness (QED) is 0.336. The van der Waals surface area contributed by atoms with Crippen molar-refractivity contribution in [2.45, 2.75) is 44.3 Å². The van der Waals surface area contributed by atoms with E-state index in [0.717, 1.165) is 34.3 Å². The first kappa shape index (κ1) is 26.3. The number of allylic oxidation sites excluding steroid dienone is 1. The Morgan fingerprint density at radius 3 is 2.51 bits per heavy atom. The number of benzene rings is 2. The number of ether oxygens (including phenoxy) is 1. The lowest BCUT2D eigenvalue weighted by molar-refractivity contribution is -0.0274. The highest BCUT2D eigenvalue weighted by atomic mass is 127. The molecule has 7 nitrogen and oxygen atoms in total. The van der Waals surface area contributed by atoms with Crippen molar-refractivity contribution in [1.82, 2.24) is 14.9 Å². The molecule has 3 N–H and O–H groups in total. The molecule has 35 heavy (non-hydrogen) atoms. The summed E-state index contributed by atoms with van der Waals surface area (Å²) in [5.41, 5.74) is 1.39. The van der Waals surface area contributed by atoms with E-state index in [4.69, 9.17) is 4.74 Å². The number of aliphatic hydroxyl groups is 1. The van der Waals surface area contributed by atoms with Crippen molar-refractivity contribution in [3.8, 4) is 0 Å². The van der Waals surface area contributed by atoms with Crippen LogP contribution in [0, 0.1) is 21.1 Å². The van der Waals surface area contributed by atoms with Gasteiger partial charge in [-0.15, -0.1) is 0 Å². The standard InChI is InChI=1S/C24H28F2IN3O4S/c1-35(32,33)29-24-30(14-23(34-24)17-5-6-17)21(10-16-7-18(25)11-19(26)8-16)22(31)13-28-12-15-3-2-4-20(27)9-15/h2-4,7-9,11,14,17,21-22,24,28-29,31H,5-6,10,12-13H2,1H3/t21-,22+,24?/m0/s1. The lowest BCUT2D eigenvalue weighted by atomic mass is 9.99. The maximum Gasteiger partial charge on any atom is 0.242 e. The lowest BCUT2D eigenvalue weighted by Gasteiger charge is -2.35. The van der Waals surface area contributed by atoms with Crippen molar-refractivity contribution in [2.24, 2.45) is 5.92 Å². The Bertz CT molecular complexity index is 1170. The number of nitrogens with one attached hydrogen (secondary N) is 2.